The van der Waals surface area contributed by atoms with Crippen molar-refractivity contribution in [3.63, 3.8) is 0 Å². The Morgan fingerprint density at radius 3 is 2.76 bits per heavy atom. The van der Waals surface area contributed by atoms with E-state index in [1.807, 2.05) is 6.92 Å². The van der Waals surface area contributed by atoms with Crippen molar-refractivity contribution in [3.8, 4) is 5.69 Å². The van der Waals surface area contributed by atoms with Crippen LogP contribution in [-0.2, 0) is 6.42 Å². The molecule has 0 aliphatic rings. The van der Waals surface area contributed by atoms with Crippen molar-refractivity contribution < 1.29 is 14.8 Å². The molecule has 1 aromatic heterocycles. The Morgan fingerprint density at radius 2 is 2.19 bits per heavy atom. The van der Waals surface area contributed by atoms with Crippen LogP contribution in [0.5, 0.6) is 0 Å². The number of nitro benzene ring substituents is 1. The zero-order valence-electron chi connectivity index (χ0n) is 11.7. The van der Waals surface area contributed by atoms with Gasteiger partial charge >= 0.3 is 5.97 Å². The van der Waals surface area contributed by atoms with Crippen molar-refractivity contribution in [1.82, 2.24) is 9.55 Å². The van der Waals surface area contributed by atoms with Crippen molar-refractivity contribution in [1.29, 1.82) is 0 Å². The maximum absolute atomic E-state index is 11.2. The summed E-state index contributed by atoms with van der Waals surface area (Å²) in [6.07, 6.45) is 4.86. The quantitative estimate of drug-likeness (QED) is 0.674. The van der Waals surface area contributed by atoms with Crippen LogP contribution < -0.4 is 0 Å². The van der Waals surface area contributed by atoms with Crippen LogP contribution in [0.3, 0.4) is 0 Å². The molecule has 0 aliphatic heterocycles. The van der Waals surface area contributed by atoms with Gasteiger partial charge in [0.15, 0.2) is 0 Å². The molecule has 0 saturated heterocycles. The normalized spacial score (nSPS) is 10.6. The van der Waals surface area contributed by atoms with Gasteiger partial charge in [0.05, 0.1) is 21.7 Å². The minimum Gasteiger partial charge on any atom is -0.478 e. The fraction of sp³-hybridized carbons (Fsp3) is 0.286. The number of imidazole rings is 1. The first-order valence-electron chi connectivity index (χ1n) is 6.50. The minimum atomic E-state index is -1.20. The molecular weight excluding hydrogens is 274 g/mol. The Bertz CT molecular complexity index is 706. The molecule has 110 valence electrons. The van der Waals surface area contributed by atoms with Crippen LogP contribution >= 0.6 is 0 Å². The monoisotopic (exact) mass is 289 g/mol. The van der Waals surface area contributed by atoms with Gasteiger partial charge in [0.2, 0.25) is 0 Å². The standard InChI is InChI=1S/C14H15N3O4/c1-3-4-13-15-5-6-16(13)11-7-10(14(18)19)8-12(9(11)2)17(20)21/h5-8H,3-4H2,1-2H3,(H,18,19). The highest BCUT2D eigenvalue weighted by atomic mass is 16.6. The molecule has 1 N–H and O–H groups in total. The number of carboxylic acid groups (broad SMARTS) is 1. The number of rotatable bonds is 5. The number of nitrogens with zero attached hydrogens (tertiary/aromatic N) is 3. The fourth-order valence-electron chi connectivity index (χ4n) is 2.21. The molecule has 0 saturated carbocycles. The molecule has 21 heavy (non-hydrogen) atoms. The highest BCUT2D eigenvalue weighted by molar-refractivity contribution is 5.89. The minimum absolute atomic E-state index is 0.113. The lowest BCUT2D eigenvalue weighted by Gasteiger charge is -2.12. The number of hydrogen-bond acceptors (Lipinski definition) is 4. The second-order valence-corrected chi connectivity index (χ2v) is 4.67. The van der Waals surface area contributed by atoms with E-state index < -0.39 is 10.9 Å². The average Bonchev–Trinajstić information content (AvgIpc) is 2.87. The van der Waals surface area contributed by atoms with Gasteiger partial charge in [0.1, 0.15) is 5.82 Å². The first kappa shape index (κ1) is 14.7. The predicted octanol–water partition coefficient (Wildman–Crippen LogP) is 2.74. The number of benzene rings is 1. The van der Waals surface area contributed by atoms with E-state index in [1.54, 1.807) is 23.9 Å². The van der Waals surface area contributed by atoms with Gasteiger partial charge < -0.3 is 9.67 Å². The van der Waals surface area contributed by atoms with E-state index in [4.69, 9.17) is 5.11 Å². The van der Waals surface area contributed by atoms with Gasteiger partial charge in [0, 0.05) is 24.9 Å². The van der Waals surface area contributed by atoms with Gasteiger partial charge in [-0.3, -0.25) is 10.1 Å². The number of aryl methyl sites for hydroxylation is 1. The third-order valence-electron chi connectivity index (χ3n) is 3.25. The van der Waals surface area contributed by atoms with Gasteiger partial charge in [-0.05, 0) is 19.4 Å². The van der Waals surface area contributed by atoms with E-state index in [9.17, 15) is 14.9 Å². The van der Waals surface area contributed by atoms with Gasteiger partial charge in [-0.15, -0.1) is 0 Å². The van der Waals surface area contributed by atoms with E-state index in [0.717, 1.165) is 18.3 Å². The Morgan fingerprint density at radius 1 is 1.48 bits per heavy atom. The number of carboxylic acids is 1. The summed E-state index contributed by atoms with van der Waals surface area (Å²) < 4.78 is 1.71. The van der Waals surface area contributed by atoms with Crippen LogP contribution in [0.2, 0.25) is 0 Å². The predicted molar refractivity (Wildman–Crippen MR) is 75.9 cm³/mol. The molecule has 7 nitrogen and oxygen atoms in total. The third kappa shape index (κ3) is 2.76. The van der Waals surface area contributed by atoms with E-state index in [0.29, 0.717) is 17.7 Å². The highest BCUT2D eigenvalue weighted by Crippen LogP contribution is 2.27. The molecule has 0 amide bonds. The molecule has 2 rings (SSSR count). The summed E-state index contributed by atoms with van der Waals surface area (Å²) in [6, 6.07) is 2.52. The topological polar surface area (TPSA) is 98.3 Å². The van der Waals surface area contributed by atoms with Crippen molar-refractivity contribution >= 4 is 11.7 Å². The van der Waals surface area contributed by atoms with Crippen molar-refractivity contribution in [2.45, 2.75) is 26.7 Å². The maximum atomic E-state index is 11.2. The second-order valence-electron chi connectivity index (χ2n) is 4.67. The fourth-order valence-corrected chi connectivity index (χ4v) is 2.21. The summed E-state index contributed by atoms with van der Waals surface area (Å²) in [7, 11) is 0. The Kier molecular flexibility index (Phi) is 4.02. The highest BCUT2D eigenvalue weighted by Gasteiger charge is 2.20. The molecule has 0 radical (unpaired) electrons. The van der Waals surface area contributed by atoms with Crippen LogP contribution in [0.25, 0.3) is 5.69 Å². The first-order valence-corrected chi connectivity index (χ1v) is 6.50. The first-order chi connectivity index (χ1) is 9.95. The van der Waals surface area contributed by atoms with Crippen LogP contribution in [0.4, 0.5) is 5.69 Å². The number of aromatic nitrogens is 2. The Balaban J connectivity index is 2.69. The number of carbonyl (C=O) groups is 1. The number of hydrogen-bond donors (Lipinski definition) is 1. The summed E-state index contributed by atoms with van der Waals surface area (Å²) in [4.78, 5) is 25.9. The molecule has 1 heterocycles. The molecule has 7 heteroatoms. The number of nitro groups is 1. The average molecular weight is 289 g/mol. The molecule has 0 aliphatic carbocycles. The van der Waals surface area contributed by atoms with E-state index >= 15 is 0 Å². The molecule has 0 spiro atoms. The van der Waals surface area contributed by atoms with Gasteiger partial charge in [-0.2, -0.15) is 0 Å². The molecule has 0 atom stereocenters. The van der Waals surface area contributed by atoms with Gasteiger partial charge in [0.25, 0.3) is 5.69 Å². The van der Waals surface area contributed by atoms with E-state index in [-0.39, 0.29) is 11.3 Å². The number of aromatic carboxylic acids is 1. The summed E-state index contributed by atoms with van der Waals surface area (Å²) >= 11 is 0. The lowest BCUT2D eigenvalue weighted by molar-refractivity contribution is -0.385. The largest absolute Gasteiger partial charge is 0.478 e. The van der Waals surface area contributed by atoms with E-state index in [1.165, 1.54) is 6.07 Å². The van der Waals surface area contributed by atoms with Crippen LogP contribution in [0.15, 0.2) is 24.5 Å². The lowest BCUT2D eigenvalue weighted by atomic mass is 10.1. The summed E-state index contributed by atoms with van der Waals surface area (Å²) in [6.45, 7) is 3.61. The van der Waals surface area contributed by atoms with Crippen molar-refractivity contribution in [2.24, 2.45) is 0 Å². The lowest BCUT2D eigenvalue weighted by Crippen LogP contribution is -2.07. The molecule has 1 aromatic carbocycles. The maximum Gasteiger partial charge on any atom is 0.336 e. The van der Waals surface area contributed by atoms with Gasteiger partial charge in [-0.1, -0.05) is 6.92 Å². The van der Waals surface area contributed by atoms with Crippen LogP contribution in [-0.4, -0.2) is 25.6 Å². The molecule has 0 fully saturated rings. The zero-order valence-corrected chi connectivity index (χ0v) is 11.7. The summed E-state index contributed by atoms with van der Waals surface area (Å²) in [5.41, 5.74) is 0.572. The molecular formula is C14H15N3O4. The van der Waals surface area contributed by atoms with Crippen molar-refractivity contribution in [3.05, 3.63) is 51.6 Å². The van der Waals surface area contributed by atoms with Crippen LogP contribution in [0, 0.1) is 17.0 Å². The summed E-state index contributed by atoms with van der Waals surface area (Å²) in [5.74, 6) is -0.450. The Hall–Kier alpha value is -2.70. The van der Waals surface area contributed by atoms with Crippen LogP contribution in [0.1, 0.15) is 35.1 Å². The smallest absolute Gasteiger partial charge is 0.336 e. The molecule has 0 bridgehead atoms. The van der Waals surface area contributed by atoms with E-state index in [2.05, 4.69) is 4.98 Å². The SMILES string of the molecule is CCCc1nccn1-c1cc(C(=O)O)cc([N+](=O)[O-])c1C. The van der Waals surface area contributed by atoms with Gasteiger partial charge in [-0.25, -0.2) is 9.78 Å². The summed E-state index contributed by atoms with van der Waals surface area (Å²) in [5, 5.41) is 20.2. The third-order valence-corrected chi connectivity index (χ3v) is 3.25. The van der Waals surface area contributed by atoms with Crippen molar-refractivity contribution in [2.75, 3.05) is 0 Å². The zero-order chi connectivity index (χ0) is 15.6. The molecule has 0 unspecified atom stereocenters. The molecule has 2 aromatic rings. The Labute approximate surface area is 121 Å². The second kappa shape index (κ2) is 5.74.